The topological polar surface area (TPSA) is 64.2 Å². The van der Waals surface area contributed by atoms with E-state index in [2.05, 4.69) is 5.32 Å². The van der Waals surface area contributed by atoms with E-state index in [-0.39, 0.29) is 5.91 Å². The first-order valence-electron chi connectivity index (χ1n) is 8.70. The molecule has 1 aromatic heterocycles. The third-order valence-electron chi connectivity index (χ3n) is 4.70. The van der Waals surface area contributed by atoms with Crippen molar-refractivity contribution in [2.24, 2.45) is 7.05 Å². The minimum absolute atomic E-state index is 0.221. The predicted octanol–water partition coefficient (Wildman–Crippen LogP) is 5.01. The number of aromatic nitrogens is 1. The summed E-state index contributed by atoms with van der Waals surface area (Å²) in [6.07, 6.45) is 0. The Morgan fingerprint density at radius 1 is 1.07 bits per heavy atom. The standard InChI is InChI=1S/C22H17ClN2O3/c1-13-10-20-19(25(2)22(27)28-20)12-16(13)15-8-9-18(17(23)11-15)24-21(26)14-6-4-3-5-7-14/h3-12H,1-2H3,(H,24,26). The normalized spacial score (nSPS) is 11.0. The van der Waals surface area contributed by atoms with Gasteiger partial charge in [-0.2, -0.15) is 0 Å². The number of rotatable bonds is 3. The summed E-state index contributed by atoms with van der Waals surface area (Å²) in [5.41, 5.74) is 5.13. The molecule has 0 bridgehead atoms. The lowest BCUT2D eigenvalue weighted by atomic mass is 9.99. The van der Waals surface area contributed by atoms with Crippen LogP contribution in [0.3, 0.4) is 0 Å². The molecular weight excluding hydrogens is 376 g/mol. The summed E-state index contributed by atoms with van der Waals surface area (Å²) in [6, 6.07) is 18.2. The van der Waals surface area contributed by atoms with E-state index in [9.17, 15) is 9.59 Å². The van der Waals surface area contributed by atoms with Crippen LogP contribution in [0.15, 0.2) is 69.9 Å². The van der Waals surface area contributed by atoms with Gasteiger partial charge in [0.25, 0.3) is 5.91 Å². The van der Waals surface area contributed by atoms with Crippen LogP contribution in [-0.4, -0.2) is 10.5 Å². The van der Waals surface area contributed by atoms with Crippen LogP contribution in [0.2, 0.25) is 5.02 Å². The molecule has 1 heterocycles. The number of aryl methyl sites for hydroxylation is 2. The van der Waals surface area contributed by atoms with Crippen LogP contribution in [0.4, 0.5) is 5.69 Å². The highest BCUT2D eigenvalue weighted by Crippen LogP contribution is 2.32. The molecule has 0 radical (unpaired) electrons. The van der Waals surface area contributed by atoms with E-state index in [0.717, 1.165) is 16.7 Å². The average molecular weight is 393 g/mol. The van der Waals surface area contributed by atoms with E-state index >= 15 is 0 Å². The van der Waals surface area contributed by atoms with Gasteiger partial charge in [0, 0.05) is 12.6 Å². The second kappa shape index (κ2) is 7.02. The van der Waals surface area contributed by atoms with Gasteiger partial charge in [-0.05, 0) is 60.0 Å². The molecule has 1 amide bonds. The van der Waals surface area contributed by atoms with Crippen LogP contribution in [0, 0.1) is 6.92 Å². The number of carbonyl (C=O) groups is 1. The molecule has 0 unspecified atom stereocenters. The second-order valence-corrected chi connectivity index (χ2v) is 6.98. The SMILES string of the molecule is Cc1cc2oc(=O)n(C)c2cc1-c1ccc(NC(=O)c2ccccc2)c(Cl)c1. The Hall–Kier alpha value is -3.31. The summed E-state index contributed by atoms with van der Waals surface area (Å²) < 4.78 is 6.70. The fourth-order valence-corrected chi connectivity index (χ4v) is 3.38. The first-order chi connectivity index (χ1) is 13.4. The zero-order valence-electron chi connectivity index (χ0n) is 15.3. The average Bonchev–Trinajstić information content (AvgIpc) is 2.96. The fourth-order valence-electron chi connectivity index (χ4n) is 3.15. The molecule has 0 saturated heterocycles. The summed E-state index contributed by atoms with van der Waals surface area (Å²) in [5, 5.41) is 3.26. The van der Waals surface area contributed by atoms with Crippen molar-refractivity contribution in [2.75, 3.05) is 5.32 Å². The van der Waals surface area contributed by atoms with Crippen molar-refractivity contribution >= 4 is 34.3 Å². The first-order valence-corrected chi connectivity index (χ1v) is 9.08. The van der Waals surface area contributed by atoms with E-state index in [1.54, 1.807) is 31.3 Å². The molecule has 0 spiro atoms. The predicted molar refractivity (Wildman–Crippen MR) is 111 cm³/mol. The van der Waals surface area contributed by atoms with Crippen LogP contribution in [0.1, 0.15) is 15.9 Å². The molecule has 4 aromatic rings. The largest absolute Gasteiger partial charge is 0.419 e. The Kier molecular flexibility index (Phi) is 4.53. The van der Waals surface area contributed by atoms with Crippen molar-refractivity contribution in [1.29, 1.82) is 0 Å². The lowest BCUT2D eigenvalue weighted by molar-refractivity contribution is 0.102. The number of nitrogens with zero attached hydrogens (tertiary/aromatic N) is 1. The van der Waals surface area contributed by atoms with E-state index < -0.39 is 5.76 Å². The molecule has 140 valence electrons. The maximum Gasteiger partial charge on any atom is 0.419 e. The summed E-state index contributed by atoms with van der Waals surface area (Å²) in [7, 11) is 1.67. The minimum Gasteiger partial charge on any atom is -0.408 e. The van der Waals surface area contributed by atoms with Gasteiger partial charge in [0.2, 0.25) is 0 Å². The minimum atomic E-state index is -0.399. The summed E-state index contributed by atoms with van der Waals surface area (Å²) >= 11 is 6.43. The quantitative estimate of drug-likeness (QED) is 0.532. The monoisotopic (exact) mass is 392 g/mol. The molecule has 0 fully saturated rings. The Balaban J connectivity index is 1.69. The van der Waals surface area contributed by atoms with Crippen molar-refractivity contribution in [3.63, 3.8) is 0 Å². The van der Waals surface area contributed by atoms with Crippen molar-refractivity contribution in [1.82, 2.24) is 4.57 Å². The first kappa shape index (κ1) is 18.1. The highest BCUT2D eigenvalue weighted by atomic mass is 35.5. The Labute approximate surface area is 166 Å². The molecule has 1 N–H and O–H groups in total. The number of benzene rings is 3. The molecule has 3 aromatic carbocycles. The maximum absolute atomic E-state index is 12.3. The van der Waals surface area contributed by atoms with Crippen LogP contribution >= 0.6 is 11.6 Å². The molecule has 6 heteroatoms. The number of hydrogen-bond donors (Lipinski definition) is 1. The van der Waals surface area contributed by atoms with Crippen molar-refractivity contribution in [2.45, 2.75) is 6.92 Å². The lowest BCUT2D eigenvalue weighted by Gasteiger charge is -2.11. The second-order valence-electron chi connectivity index (χ2n) is 6.58. The number of fused-ring (bicyclic) bond motifs is 1. The molecule has 0 aliphatic rings. The summed E-state index contributed by atoms with van der Waals surface area (Å²) in [4.78, 5) is 24.1. The van der Waals surface area contributed by atoms with Crippen LogP contribution in [-0.2, 0) is 7.05 Å². The van der Waals surface area contributed by atoms with Gasteiger partial charge < -0.3 is 9.73 Å². The Morgan fingerprint density at radius 2 is 1.82 bits per heavy atom. The fraction of sp³-hybridized carbons (Fsp3) is 0.0909. The van der Waals surface area contributed by atoms with Gasteiger partial charge in [-0.15, -0.1) is 0 Å². The van der Waals surface area contributed by atoms with Gasteiger partial charge in [-0.3, -0.25) is 9.36 Å². The van der Waals surface area contributed by atoms with Crippen molar-refractivity contribution < 1.29 is 9.21 Å². The molecule has 28 heavy (non-hydrogen) atoms. The number of amides is 1. The maximum atomic E-state index is 12.3. The highest BCUT2D eigenvalue weighted by molar-refractivity contribution is 6.34. The molecule has 5 nitrogen and oxygen atoms in total. The summed E-state index contributed by atoms with van der Waals surface area (Å²) in [6.45, 7) is 1.95. The van der Waals surface area contributed by atoms with E-state index in [1.165, 1.54) is 4.57 Å². The molecule has 0 atom stereocenters. The molecule has 0 aliphatic carbocycles. The number of oxazole rings is 1. The molecule has 4 rings (SSSR count). The third-order valence-corrected chi connectivity index (χ3v) is 5.02. The Morgan fingerprint density at radius 3 is 2.54 bits per heavy atom. The third kappa shape index (κ3) is 3.21. The van der Waals surface area contributed by atoms with E-state index in [0.29, 0.717) is 27.4 Å². The highest BCUT2D eigenvalue weighted by Gasteiger charge is 2.13. The summed E-state index contributed by atoms with van der Waals surface area (Å²) in [5.74, 6) is -0.621. The van der Waals surface area contributed by atoms with Crippen LogP contribution in [0.5, 0.6) is 0 Å². The van der Waals surface area contributed by atoms with Gasteiger partial charge in [0.05, 0.1) is 16.2 Å². The van der Waals surface area contributed by atoms with Gasteiger partial charge in [-0.1, -0.05) is 35.9 Å². The number of hydrogen-bond acceptors (Lipinski definition) is 3. The zero-order valence-corrected chi connectivity index (χ0v) is 16.1. The number of halogens is 1. The zero-order chi connectivity index (χ0) is 19.8. The van der Waals surface area contributed by atoms with Gasteiger partial charge >= 0.3 is 5.76 Å². The number of anilines is 1. The Bertz CT molecular complexity index is 1260. The molecule has 0 saturated carbocycles. The van der Waals surface area contributed by atoms with Crippen LogP contribution < -0.4 is 11.1 Å². The lowest BCUT2D eigenvalue weighted by Crippen LogP contribution is -2.11. The van der Waals surface area contributed by atoms with Gasteiger partial charge in [0.1, 0.15) is 0 Å². The van der Waals surface area contributed by atoms with Gasteiger partial charge in [-0.25, -0.2) is 4.79 Å². The number of carbonyl (C=O) groups excluding carboxylic acids is 1. The molecular formula is C22H17ClN2O3. The van der Waals surface area contributed by atoms with Crippen molar-refractivity contribution in [3.05, 3.63) is 87.4 Å². The van der Waals surface area contributed by atoms with Crippen molar-refractivity contribution in [3.8, 4) is 11.1 Å². The van der Waals surface area contributed by atoms with Gasteiger partial charge in [0.15, 0.2) is 5.58 Å². The number of nitrogens with one attached hydrogen (secondary N) is 1. The molecule has 0 aliphatic heterocycles. The smallest absolute Gasteiger partial charge is 0.408 e. The van der Waals surface area contributed by atoms with Crippen LogP contribution in [0.25, 0.3) is 22.2 Å². The van der Waals surface area contributed by atoms with E-state index in [1.807, 2.05) is 43.3 Å². The van der Waals surface area contributed by atoms with E-state index in [4.69, 9.17) is 16.0 Å².